The maximum Gasteiger partial charge on any atom is 0.159 e. The minimum absolute atomic E-state index is 0.0280. The van der Waals surface area contributed by atoms with Crippen molar-refractivity contribution in [3.05, 3.63) is 125 Å². The fraction of sp³-hybridized carbons (Fsp3) is 0.268. The fourth-order valence-corrected chi connectivity index (χ4v) is 6.89. The van der Waals surface area contributed by atoms with E-state index in [2.05, 4.69) is 163 Å². The molecule has 43 heavy (non-hydrogen) atoms. The van der Waals surface area contributed by atoms with Crippen molar-refractivity contribution < 1.29 is 4.42 Å². The summed E-state index contributed by atoms with van der Waals surface area (Å²) in [7, 11) is 0. The summed E-state index contributed by atoms with van der Waals surface area (Å²) in [5.41, 5.74) is 13.1. The van der Waals surface area contributed by atoms with Crippen molar-refractivity contribution >= 4 is 39.0 Å². The lowest BCUT2D eigenvalue weighted by molar-refractivity contribution is 0.559. The van der Waals surface area contributed by atoms with E-state index in [0.717, 1.165) is 33.6 Å². The van der Waals surface area contributed by atoms with Crippen LogP contribution in [0.15, 0.2) is 108 Å². The predicted octanol–water partition coefficient (Wildman–Crippen LogP) is 12.0. The van der Waals surface area contributed by atoms with Crippen LogP contribution in [0.25, 0.3) is 33.1 Å². The van der Waals surface area contributed by atoms with Crippen LogP contribution in [0, 0.1) is 0 Å². The third-order valence-electron chi connectivity index (χ3n) is 9.33. The normalized spacial score (nSPS) is 14.2. The van der Waals surface area contributed by atoms with Gasteiger partial charge in [0.1, 0.15) is 5.58 Å². The Kier molecular flexibility index (Phi) is 5.98. The van der Waals surface area contributed by atoms with E-state index >= 15 is 0 Å². The first kappa shape index (κ1) is 27.5. The molecule has 0 radical (unpaired) electrons. The summed E-state index contributed by atoms with van der Waals surface area (Å²) in [5, 5.41) is 2.34. The molecule has 0 aliphatic heterocycles. The highest BCUT2D eigenvalue weighted by molar-refractivity contribution is 6.11. The largest absolute Gasteiger partial charge is 0.454 e. The molecular weight excluding hydrogens is 522 g/mol. The second-order valence-electron chi connectivity index (χ2n) is 14.7. The first-order chi connectivity index (χ1) is 20.4. The fourth-order valence-electron chi connectivity index (χ4n) is 6.89. The molecule has 1 aromatic heterocycles. The van der Waals surface area contributed by atoms with Crippen molar-refractivity contribution in [2.24, 2.45) is 0 Å². The first-order valence-corrected chi connectivity index (χ1v) is 15.5. The van der Waals surface area contributed by atoms with Crippen molar-refractivity contribution in [2.45, 2.75) is 71.6 Å². The van der Waals surface area contributed by atoms with Gasteiger partial charge in [0.2, 0.25) is 0 Å². The molecular formula is C41H41NO. The number of fused-ring (bicyclic) bond motifs is 6. The van der Waals surface area contributed by atoms with E-state index in [9.17, 15) is 0 Å². The van der Waals surface area contributed by atoms with Gasteiger partial charge in [-0.05, 0) is 75.0 Å². The predicted molar refractivity (Wildman–Crippen MR) is 183 cm³/mol. The molecule has 0 saturated heterocycles. The maximum atomic E-state index is 6.98. The van der Waals surface area contributed by atoms with E-state index in [0.29, 0.717) is 0 Å². The third-order valence-corrected chi connectivity index (χ3v) is 9.33. The average molecular weight is 564 g/mol. The highest BCUT2D eigenvalue weighted by Gasteiger charge is 2.36. The minimum atomic E-state index is -0.0827. The number of rotatable bonds is 3. The van der Waals surface area contributed by atoms with E-state index < -0.39 is 0 Å². The number of hydrogen-bond acceptors (Lipinski definition) is 2. The molecule has 1 aliphatic carbocycles. The number of nitrogens with zero attached hydrogens (tertiary/aromatic N) is 1. The highest BCUT2D eigenvalue weighted by Crippen LogP contribution is 2.51. The molecule has 0 fully saturated rings. The highest BCUT2D eigenvalue weighted by atomic mass is 16.3. The van der Waals surface area contributed by atoms with Crippen molar-refractivity contribution in [1.29, 1.82) is 0 Å². The number of hydrogen-bond donors (Lipinski definition) is 0. The Labute approximate surface area is 256 Å². The zero-order chi connectivity index (χ0) is 30.3. The summed E-state index contributed by atoms with van der Waals surface area (Å²) in [6.07, 6.45) is 0. The van der Waals surface area contributed by atoms with Crippen LogP contribution < -0.4 is 4.90 Å². The van der Waals surface area contributed by atoms with Crippen molar-refractivity contribution in [3.63, 3.8) is 0 Å². The van der Waals surface area contributed by atoms with Crippen LogP contribution in [0.3, 0.4) is 0 Å². The molecule has 1 heterocycles. The number of furan rings is 1. The molecule has 2 nitrogen and oxygen atoms in total. The van der Waals surface area contributed by atoms with Crippen LogP contribution in [-0.2, 0) is 16.2 Å². The van der Waals surface area contributed by atoms with Crippen LogP contribution in [0.4, 0.5) is 17.1 Å². The lowest BCUT2D eigenvalue weighted by Crippen LogP contribution is -2.16. The van der Waals surface area contributed by atoms with Gasteiger partial charge in [-0.25, -0.2) is 0 Å². The molecule has 0 N–H and O–H groups in total. The van der Waals surface area contributed by atoms with Crippen LogP contribution in [0.2, 0.25) is 0 Å². The number of benzene rings is 5. The molecule has 0 amide bonds. The van der Waals surface area contributed by atoms with Crippen LogP contribution in [-0.4, -0.2) is 0 Å². The zero-order valence-electron chi connectivity index (χ0n) is 26.7. The third kappa shape index (κ3) is 4.30. The molecule has 2 heteroatoms. The van der Waals surface area contributed by atoms with Gasteiger partial charge in [-0.1, -0.05) is 122 Å². The van der Waals surface area contributed by atoms with E-state index in [1.54, 1.807) is 0 Å². The first-order valence-electron chi connectivity index (χ1n) is 15.5. The molecule has 216 valence electrons. The van der Waals surface area contributed by atoms with Gasteiger partial charge in [-0.15, -0.1) is 0 Å². The summed E-state index contributed by atoms with van der Waals surface area (Å²) in [6, 6.07) is 37.8. The van der Waals surface area contributed by atoms with E-state index in [-0.39, 0.29) is 16.2 Å². The lowest BCUT2D eigenvalue weighted by Gasteiger charge is -2.28. The molecule has 0 atom stereocenters. The molecule has 0 bridgehead atoms. The summed E-state index contributed by atoms with van der Waals surface area (Å²) in [6.45, 7) is 18.4. The van der Waals surface area contributed by atoms with Gasteiger partial charge >= 0.3 is 0 Å². The van der Waals surface area contributed by atoms with E-state index in [4.69, 9.17) is 4.42 Å². The number of anilines is 3. The van der Waals surface area contributed by atoms with Crippen LogP contribution >= 0.6 is 0 Å². The van der Waals surface area contributed by atoms with Gasteiger partial charge in [0.05, 0.1) is 5.69 Å². The Morgan fingerprint density at radius 1 is 0.558 bits per heavy atom. The van der Waals surface area contributed by atoms with Gasteiger partial charge < -0.3 is 9.32 Å². The van der Waals surface area contributed by atoms with Crippen LogP contribution in [0.1, 0.15) is 77.6 Å². The van der Waals surface area contributed by atoms with E-state index in [1.165, 1.54) is 38.8 Å². The molecule has 5 aromatic carbocycles. The van der Waals surface area contributed by atoms with E-state index in [1.807, 2.05) is 0 Å². The lowest BCUT2D eigenvalue weighted by atomic mass is 9.79. The Morgan fingerprint density at radius 3 is 1.98 bits per heavy atom. The minimum Gasteiger partial charge on any atom is -0.454 e. The monoisotopic (exact) mass is 563 g/mol. The molecule has 1 aliphatic rings. The molecule has 7 rings (SSSR count). The standard InChI is InChI=1S/C41H41NO/c1-39(2,3)26-23-32-31-18-14-20-36(38(31)43-37(32)35(24-26)40(4,5)6)42(27-15-10-9-11-16-27)28-21-22-30-29-17-12-13-19-33(29)41(7,8)34(30)25-28/h9-25H,1-8H3. The summed E-state index contributed by atoms with van der Waals surface area (Å²) in [5.74, 6) is 0. The van der Waals surface area contributed by atoms with Crippen molar-refractivity contribution in [3.8, 4) is 11.1 Å². The average Bonchev–Trinajstić information content (AvgIpc) is 3.46. The zero-order valence-corrected chi connectivity index (χ0v) is 26.7. The topological polar surface area (TPSA) is 16.4 Å². The van der Waals surface area contributed by atoms with Gasteiger partial charge in [0.25, 0.3) is 0 Å². The summed E-state index contributed by atoms with van der Waals surface area (Å²) in [4.78, 5) is 2.37. The van der Waals surface area contributed by atoms with Gasteiger partial charge in [-0.3, -0.25) is 0 Å². The van der Waals surface area contributed by atoms with Crippen LogP contribution in [0.5, 0.6) is 0 Å². The second kappa shape index (κ2) is 9.35. The smallest absolute Gasteiger partial charge is 0.159 e. The summed E-state index contributed by atoms with van der Waals surface area (Å²) < 4.78 is 6.98. The van der Waals surface area contributed by atoms with Crippen molar-refractivity contribution in [2.75, 3.05) is 4.90 Å². The second-order valence-corrected chi connectivity index (χ2v) is 14.7. The Hall–Kier alpha value is -4.30. The number of para-hydroxylation sites is 2. The SMILES string of the molecule is CC(C)(C)c1cc(C(C)(C)C)c2oc3c(N(c4ccccc4)c4ccc5c(c4)C(C)(C)c4ccccc4-5)cccc3c2c1. The van der Waals surface area contributed by atoms with Gasteiger partial charge in [0.15, 0.2) is 5.58 Å². The summed E-state index contributed by atoms with van der Waals surface area (Å²) >= 11 is 0. The molecule has 0 saturated carbocycles. The van der Waals surface area contributed by atoms with Gasteiger partial charge in [-0.2, -0.15) is 0 Å². The van der Waals surface area contributed by atoms with Gasteiger partial charge in [0, 0.05) is 33.1 Å². The quantitative estimate of drug-likeness (QED) is 0.213. The molecule has 0 spiro atoms. The maximum absolute atomic E-state index is 6.98. The Morgan fingerprint density at radius 2 is 1.26 bits per heavy atom. The Balaban J connectivity index is 1.50. The molecule has 6 aromatic rings. The molecule has 0 unspecified atom stereocenters. The van der Waals surface area contributed by atoms with Crippen molar-refractivity contribution in [1.82, 2.24) is 0 Å². The Bertz CT molecular complexity index is 2010.